The van der Waals surface area contributed by atoms with E-state index in [2.05, 4.69) is 11.9 Å². The Morgan fingerprint density at radius 3 is 2.30 bits per heavy atom. The van der Waals surface area contributed by atoms with E-state index in [-0.39, 0.29) is 6.67 Å². The van der Waals surface area contributed by atoms with Gasteiger partial charge in [0, 0.05) is 19.6 Å². The lowest BCUT2D eigenvalue weighted by Gasteiger charge is -2.36. The number of hydrogen-bond donors (Lipinski definition) is 0. The molecule has 1 saturated heterocycles. The topological polar surface area (TPSA) is 6.48 Å². The standard InChI is InChI=1S/C7H14FN2/c1-9-4-6-10(3-2-8)7-5-9/h1-7H2/q-1. The van der Waals surface area contributed by atoms with Crippen molar-refractivity contribution in [3.8, 4) is 0 Å². The molecule has 0 atom stereocenters. The largest absolute Gasteiger partial charge is 0.457 e. The Labute approximate surface area is 61.6 Å². The molecule has 0 bridgehead atoms. The summed E-state index contributed by atoms with van der Waals surface area (Å²) < 4.78 is 11.8. The molecule has 0 amide bonds. The molecule has 1 aliphatic rings. The summed E-state index contributed by atoms with van der Waals surface area (Å²) in [7, 11) is 3.80. The van der Waals surface area contributed by atoms with E-state index in [0.717, 1.165) is 26.2 Å². The van der Waals surface area contributed by atoms with Crippen LogP contribution in [-0.4, -0.2) is 49.2 Å². The molecule has 10 heavy (non-hydrogen) atoms. The van der Waals surface area contributed by atoms with Crippen molar-refractivity contribution in [3.05, 3.63) is 7.05 Å². The molecule has 1 heterocycles. The summed E-state index contributed by atoms with van der Waals surface area (Å²) in [4.78, 5) is 4.15. The van der Waals surface area contributed by atoms with E-state index < -0.39 is 0 Å². The highest BCUT2D eigenvalue weighted by molar-refractivity contribution is 4.70. The van der Waals surface area contributed by atoms with Gasteiger partial charge in [0.1, 0.15) is 6.67 Å². The van der Waals surface area contributed by atoms with E-state index in [1.807, 2.05) is 4.90 Å². The van der Waals surface area contributed by atoms with Gasteiger partial charge in [0.25, 0.3) is 0 Å². The van der Waals surface area contributed by atoms with Crippen LogP contribution < -0.4 is 0 Å². The number of piperazine rings is 1. The monoisotopic (exact) mass is 145 g/mol. The summed E-state index contributed by atoms with van der Waals surface area (Å²) in [6.45, 7) is 4.24. The molecule has 0 aromatic carbocycles. The van der Waals surface area contributed by atoms with E-state index in [1.165, 1.54) is 0 Å². The van der Waals surface area contributed by atoms with Crippen molar-refractivity contribution in [2.45, 2.75) is 0 Å². The maximum atomic E-state index is 11.8. The average molecular weight is 145 g/mol. The average Bonchev–Trinajstić information content (AvgIpc) is 1.95. The van der Waals surface area contributed by atoms with Crippen molar-refractivity contribution >= 4 is 0 Å². The minimum Gasteiger partial charge on any atom is -0.457 e. The Balaban J connectivity index is 2.13. The van der Waals surface area contributed by atoms with Crippen LogP contribution >= 0.6 is 0 Å². The molecule has 0 unspecified atom stereocenters. The third-order valence-corrected chi connectivity index (χ3v) is 1.87. The molecule has 1 aliphatic heterocycles. The number of hydrogen-bond acceptors (Lipinski definition) is 2. The quantitative estimate of drug-likeness (QED) is 0.518. The number of alkyl halides is 1. The number of rotatable bonds is 2. The smallest absolute Gasteiger partial charge is 0.102 e. The van der Waals surface area contributed by atoms with Gasteiger partial charge in [-0.25, -0.2) is 4.39 Å². The summed E-state index contributed by atoms with van der Waals surface area (Å²) in [5.74, 6) is 0. The first kappa shape index (κ1) is 7.95. The minimum absolute atomic E-state index is 0.225. The van der Waals surface area contributed by atoms with E-state index in [1.54, 1.807) is 0 Å². The van der Waals surface area contributed by atoms with E-state index in [0.29, 0.717) is 6.54 Å². The highest BCUT2D eigenvalue weighted by atomic mass is 19.1. The fraction of sp³-hybridized carbons (Fsp3) is 0.857. The summed E-state index contributed by atoms with van der Waals surface area (Å²) >= 11 is 0. The van der Waals surface area contributed by atoms with Crippen LogP contribution in [0, 0.1) is 7.05 Å². The van der Waals surface area contributed by atoms with Crippen molar-refractivity contribution in [2.75, 3.05) is 39.4 Å². The Bertz CT molecular complexity index is 89.6. The van der Waals surface area contributed by atoms with Gasteiger partial charge < -0.3 is 4.90 Å². The van der Waals surface area contributed by atoms with Crippen LogP contribution in [0.25, 0.3) is 0 Å². The summed E-state index contributed by atoms with van der Waals surface area (Å²) in [6.07, 6.45) is 0. The molecule has 0 radical (unpaired) electrons. The first-order chi connectivity index (χ1) is 4.83. The Hall–Kier alpha value is -0.150. The van der Waals surface area contributed by atoms with Crippen LogP contribution in [0.4, 0.5) is 4.39 Å². The highest BCUT2D eigenvalue weighted by Crippen LogP contribution is 1.98. The Kier molecular flexibility index (Phi) is 3.09. The van der Waals surface area contributed by atoms with E-state index in [4.69, 9.17) is 0 Å². The molecular weight excluding hydrogens is 131 g/mol. The molecule has 0 aromatic heterocycles. The zero-order chi connectivity index (χ0) is 7.40. The van der Waals surface area contributed by atoms with Crippen molar-refractivity contribution in [1.82, 2.24) is 9.80 Å². The molecule has 60 valence electrons. The Morgan fingerprint density at radius 2 is 1.80 bits per heavy atom. The molecular formula is C7H14FN2-. The van der Waals surface area contributed by atoms with Gasteiger partial charge >= 0.3 is 0 Å². The molecule has 0 aromatic rings. The third-order valence-electron chi connectivity index (χ3n) is 1.87. The van der Waals surface area contributed by atoms with E-state index >= 15 is 0 Å². The van der Waals surface area contributed by atoms with Crippen LogP contribution in [0.2, 0.25) is 0 Å². The van der Waals surface area contributed by atoms with Gasteiger partial charge in [-0.1, -0.05) is 0 Å². The summed E-state index contributed by atoms with van der Waals surface area (Å²) in [6, 6.07) is 0. The molecule has 3 heteroatoms. The minimum atomic E-state index is -0.225. The SMILES string of the molecule is [CH2-]N1CCN(CCF)CC1. The van der Waals surface area contributed by atoms with Crippen LogP contribution in [-0.2, 0) is 0 Å². The molecule has 0 aliphatic carbocycles. The van der Waals surface area contributed by atoms with Gasteiger partial charge in [0.2, 0.25) is 0 Å². The predicted octanol–water partition coefficient (Wildman–Crippen LogP) is 0.365. The van der Waals surface area contributed by atoms with Gasteiger partial charge in [0.15, 0.2) is 0 Å². The third kappa shape index (κ3) is 2.23. The maximum absolute atomic E-state index is 11.8. The fourth-order valence-corrected chi connectivity index (χ4v) is 1.13. The zero-order valence-corrected chi connectivity index (χ0v) is 6.22. The zero-order valence-electron chi connectivity index (χ0n) is 6.22. The lowest BCUT2D eigenvalue weighted by atomic mass is 10.3. The van der Waals surface area contributed by atoms with Crippen LogP contribution in [0.15, 0.2) is 0 Å². The van der Waals surface area contributed by atoms with Crippen LogP contribution in [0.3, 0.4) is 0 Å². The van der Waals surface area contributed by atoms with Gasteiger partial charge in [0.05, 0.1) is 0 Å². The van der Waals surface area contributed by atoms with Crippen molar-refractivity contribution < 1.29 is 4.39 Å². The maximum Gasteiger partial charge on any atom is 0.102 e. The van der Waals surface area contributed by atoms with Crippen LogP contribution in [0.5, 0.6) is 0 Å². The second-order valence-electron chi connectivity index (χ2n) is 2.65. The van der Waals surface area contributed by atoms with E-state index in [9.17, 15) is 4.39 Å². The molecule has 1 rings (SSSR count). The first-order valence-corrected chi connectivity index (χ1v) is 3.66. The lowest BCUT2D eigenvalue weighted by Crippen LogP contribution is -2.44. The predicted molar refractivity (Wildman–Crippen MR) is 39.3 cm³/mol. The molecule has 0 N–H and O–H groups in total. The highest BCUT2D eigenvalue weighted by Gasteiger charge is 2.08. The second kappa shape index (κ2) is 3.88. The van der Waals surface area contributed by atoms with Crippen molar-refractivity contribution in [3.63, 3.8) is 0 Å². The van der Waals surface area contributed by atoms with Gasteiger partial charge in [-0.2, -0.15) is 0 Å². The van der Waals surface area contributed by atoms with Gasteiger partial charge in [-0.3, -0.25) is 11.9 Å². The first-order valence-electron chi connectivity index (χ1n) is 3.66. The second-order valence-corrected chi connectivity index (χ2v) is 2.65. The lowest BCUT2D eigenvalue weighted by molar-refractivity contribution is 0.157. The van der Waals surface area contributed by atoms with Crippen molar-refractivity contribution in [1.29, 1.82) is 0 Å². The summed E-state index contributed by atoms with van der Waals surface area (Å²) in [5, 5.41) is 0. The number of nitrogens with zero attached hydrogens (tertiary/aromatic N) is 2. The molecule has 0 saturated carbocycles. The van der Waals surface area contributed by atoms with Crippen molar-refractivity contribution in [2.24, 2.45) is 0 Å². The molecule has 1 fully saturated rings. The fourth-order valence-electron chi connectivity index (χ4n) is 1.13. The van der Waals surface area contributed by atoms with Crippen LogP contribution in [0.1, 0.15) is 0 Å². The van der Waals surface area contributed by atoms with Gasteiger partial charge in [-0.15, -0.1) is 0 Å². The molecule has 0 spiro atoms. The Morgan fingerprint density at radius 1 is 1.20 bits per heavy atom. The summed E-state index contributed by atoms with van der Waals surface area (Å²) in [5.41, 5.74) is 0. The number of halogens is 1. The normalized spacial score (nSPS) is 23.4. The molecule has 2 nitrogen and oxygen atoms in total. The van der Waals surface area contributed by atoms with Gasteiger partial charge in [-0.05, 0) is 13.1 Å².